The molecule has 0 aromatic carbocycles. The van der Waals surface area contributed by atoms with Crippen LogP contribution in [0.5, 0.6) is 0 Å². The van der Waals surface area contributed by atoms with Crippen LogP contribution in [-0.4, -0.2) is 25.7 Å². The first-order valence-corrected chi connectivity index (χ1v) is 4.85. The van der Waals surface area contributed by atoms with Gasteiger partial charge in [-0.25, -0.2) is 8.42 Å². The van der Waals surface area contributed by atoms with Gasteiger partial charge in [-0.1, -0.05) is 6.92 Å². The molecule has 50 valence electrons. The van der Waals surface area contributed by atoms with Crippen molar-refractivity contribution < 1.29 is 8.42 Å². The minimum Gasteiger partial charge on any atom is -0.229 e. The van der Waals surface area contributed by atoms with Crippen LogP contribution in [-0.2, 0) is 9.84 Å². The molecule has 0 saturated heterocycles. The Hall–Kier alpha value is 0.300. The van der Waals surface area contributed by atoms with Gasteiger partial charge in [-0.05, 0) is 0 Å². The molecule has 0 saturated carbocycles. The third kappa shape index (κ3) is 6.30. The van der Waals surface area contributed by atoms with Crippen LogP contribution in [0, 0.1) is 0 Å². The minimum absolute atomic E-state index is 0.0509. The standard InChI is InChI=1S/C4H10O2S2/c1-4(7)3-8(2,5)6/h4,7H,3H2,1-2H3. The van der Waals surface area contributed by atoms with Gasteiger partial charge in [-0.15, -0.1) is 0 Å². The highest BCUT2D eigenvalue weighted by atomic mass is 32.2. The molecule has 0 aliphatic rings. The van der Waals surface area contributed by atoms with Gasteiger partial charge in [0.25, 0.3) is 0 Å². The Morgan fingerprint density at radius 2 is 2.00 bits per heavy atom. The van der Waals surface area contributed by atoms with E-state index in [-0.39, 0.29) is 11.0 Å². The molecule has 0 aliphatic carbocycles. The molecular weight excluding hydrogens is 144 g/mol. The van der Waals surface area contributed by atoms with Crippen LogP contribution in [0.1, 0.15) is 6.92 Å². The van der Waals surface area contributed by atoms with E-state index in [2.05, 4.69) is 12.6 Å². The summed E-state index contributed by atoms with van der Waals surface area (Å²) in [5, 5.41) is -0.0509. The predicted octanol–water partition coefficient (Wildman–Crippen LogP) is 0.349. The topological polar surface area (TPSA) is 34.1 Å². The van der Waals surface area contributed by atoms with E-state index in [1.807, 2.05) is 0 Å². The van der Waals surface area contributed by atoms with E-state index in [0.717, 1.165) is 0 Å². The average molecular weight is 154 g/mol. The second kappa shape index (κ2) is 2.73. The Kier molecular flexibility index (Phi) is 2.83. The Labute approximate surface area is 55.6 Å². The van der Waals surface area contributed by atoms with Gasteiger partial charge >= 0.3 is 0 Å². The normalized spacial score (nSPS) is 15.9. The summed E-state index contributed by atoms with van der Waals surface area (Å²) in [4.78, 5) is 0. The number of thiol groups is 1. The van der Waals surface area contributed by atoms with E-state index in [0.29, 0.717) is 0 Å². The third-order valence-corrected chi connectivity index (χ3v) is 2.08. The largest absolute Gasteiger partial charge is 0.229 e. The Morgan fingerprint density at radius 1 is 1.62 bits per heavy atom. The summed E-state index contributed by atoms with van der Waals surface area (Å²) >= 11 is 3.91. The van der Waals surface area contributed by atoms with E-state index in [1.165, 1.54) is 6.26 Å². The molecule has 0 N–H and O–H groups in total. The van der Waals surface area contributed by atoms with Crippen molar-refractivity contribution in [2.75, 3.05) is 12.0 Å². The lowest BCUT2D eigenvalue weighted by Gasteiger charge is -1.98. The SMILES string of the molecule is CC(S)CS(C)(=O)=O. The van der Waals surface area contributed by atoms with Gasteiger partial charge in [0, 0.05) is 11.5 Å². The van der Waals surface area contributed by atoms with Gasteiger partial charge in [-0.3, -0.25) is 0 Å². The highest BCUT2D eigenvalue weighted by Gasteiger charge is 2.04. The fourth-order valence-electron chi connectivity index (χ4n) is 0.438. The molecular formula is C4H10O2S2. The fraction of sp³-hybridized carbons (Fsp3) is 1.00. The van der Waals surface area contributed by atoms with Gasteiger partial charge in [0.1, 0.15) is 9.84 Å². The molecule has 8 heavy (non-hydrogen) atoms. The molecule has 0 aliphatic heterocycles. The third-order valence-electron chi connectivity index (χ3n) is 0.544. The van der Waals surface area contributed by atoms with Crippen molar-refractivity contribution in [1.29, 1.82) is 0 Å². The second-order valence-corrected chi connectivity index (χ2v) is 5.01. The summed E-state index contributed by atoms with van der Waals surface area (Å²) in [6.07, 6.45) is 1.21. The van der Waals surface area contributed by atoms with Gasteiger partial charge in [0.05, 0.1) is 5.75 Å². The lowest BCUT2D eigenvalue weighted by molar-refractivity contribution is 0.601. The zero-order valence-electron chi connectivity index (χ0n) is 4.96. The molecule has 0 rings (SSSR count). The molecule has 1 unspecified atom stereocenters. The first-order valence-electron chi connectivity index (χ1n) is 2.27. The van der Waals surface area contributed by atoms with Crippen molar-refractivity contribution in [3.63, 3.8) is 0 Å². The van der Waals surface area contributed by atoms with E-state index in [9.17, 15) is 8.42 Å². The number of sulfone groups is 1. The van der Waals surface area contributed by atoms with Crippen LogP contribution < -0.4 is 0 Å². The van der Waals surface area contributed by atoms with Crippen LogP contribution in [0.3, 0.4) is 0 Å². The maximum Gasteiger partial charge on any atom is 0.148 e. The van der Waals surface area contributed by atoms with Crippen molar-refractivity contribution in [2.45, 2.75) is 12.2 Å². The van der Waals surface area contributed by atoms with Gasteiger partial charge in [0.2, 0.25) is 0 Å². The van der Waals surface area contributed by atoms with Crippen molar-refractivity contribution in [3.05, 3.63) is 0 Å². The van der Waals surface area contributed by atoms with E-state index in [4.69, 9.17) is 0 Å². The summed E-state index contributed by atoms with van der Waals surface area (Å²) in [7, 11) is -2.80. The van der Waals surface area contributed by atoms with Crippen molar-refractivity contribution in [1.82, 2.24) is 0 Å². The smallest absolute Gasteiger partial charge is 0.148 e. The maximum absolute atomic E-state index is 10.4. The van der Waals surface area contributed by atoms with Crippen LogP contribution in [0.2, 0.25) is 0 Å². The molecule has 2 nitrogen and oxygen atoms in total. The summed E-state index contributed by atoms with van der Waals surface area (Å²) in [5.41, 5.74) is 0. The molecule has 0 aromatic heterocycles. The lowest BCUT2D eigenvalue weighted by atomic mass is 10.6. The molecule has 0 radical (unpaired) electrons. The Balaban J connectivity index is 3.75. The van der Waals surface area contributed by atoms with Crippen LogP contribution >= 0.6 is 12.6 Å². The highest BCUT2D eigenvalue weighted by Crippen LogP contribution is 1.95. The van der Waals surface area contributed by atoms with Gasteiger partial charge in [0.15, 0.2) is 0 Å². The Morgan fingerprint density at radius 3 is 2.00 bits per heavy atom. The summed E-state index contributed by atoms with van der Waals surface area (Å²) in [5.74, 6) is 0.163. The van der Waals surface area contributed by atoms with Gasteiger partial charge < -0.3 is 0 Å². The second-order valence-electron chi connectivity index (χ2n) is 1.94. The molecule has 0 amide bonds. The summed E-state index contributed by atoms with van der Waals surface area (Å²) in [6, 6.07) is 0. The van der Waals surface area contributed by atoms with Crippen LogP contribution in [0.15, 0.2) is 0 Å². The maximum atomic E-state index is 10.4. The monoisotopic (exact) mass is 154 g/mol. The number of hydrogen-bond donors (Lipinski definition) is 1. The molecule has 0 spiro atoms. The highest BCUT2D eigenvalue weighted by molar-refractivity contribution is 7.92. The molecule has 4 heteroatoms. The predicted molar refractivity (Wildman–Crippen MR) is 38.2 cm³/mol. The van der Waals surface area contributed by atoms with Crippen molar-refractivity contribution in [3.8, 4) is 0 Å². The Bertz CT molecular complexity index is 145. The fourth-order valence-corrected chi connectivity index (χ4v) is 2.13. The van der Waals surface area contributed by atoms with Crippen LogP contribution in [0.25, 0.3) is 0 Å². The first kappa shape index (κ1) is 8.30. The average Bonchev–Trinajstić information content (AvgIpc) is 1.21. The zero-order chi connectivity index (χ0) is 6.78. The summed E-state index contributed by atoms with van der Waals surface area (Å²) < 4.78 is 20.8. The van der Waals surface area contributed by atoms with E-state index >= 15 is 0 Å². The molecule has 0 heterocycles. The molecule has 1 atom stereocenters. The van der Waals surface area contributed by atoms with Gasteiger partial charge in [-0.2, -0.15) is 12.6 Å². The van der Waals surface area contributed by atoms with E-state index < -0.39 is 9.84 Å². The lowest BCUT2D eigenvalue weighted by Crippen LogP contribution is -2.10. The zero-order valence-corrected chi connectivity index (χ0v) is 6.67. The van der Waals surface area contributed by atoms with E-state index in [1.54, 1.807) is 6.92 Å². The summed E-state index contributed by atoms with van der Waals surface area (Å²) in [6.45, 7) is 1.75. The van der Waals surface area contributed by atoms with Crippen LogP contribution in [0.4, 0.5) is 0 Å². The number of hydrogen-bond acceptors (Lipinski definition) is 3. The molecule has 0 fully saturated rings. The van der Waals surface area contributed by atoms with Crippen molar-refractivity contribution in [2.24, 2.45) is 0 Å². The minimum atomic E-state index is -2.80. The quantitative estimate of drug-likeness (QED) is 0.582. The molecule has 0 bridgehead atoms. The molecule has 0 aromatic rings. The number of rotatable bonds is 2. The first-order chi connectivity index (χ1) is 3.42. The van der Waals surface area contributed by atoms with Crippen molar-refractivity contribution >= 4 is 22.5 Å².